The maximum atomic E-state index is 12.7. The summed E-state index contributed by atoms with van der Waals surface area (Å²) < 4.78 is 1.97. The third-order valence-corrected chi connectivity index (χ3v) is 4.06. The van der Waals surface area contributed by atoms with Gasteiger partial charge in [-0.3, -0.25) is 14.4 Å². The maximum absolute atomic E-state index is 12.7. The number of rotatable bonds is 5. The molecule has 4 N–H and O–H groups in total. The van der Waals surface area contributed by atoms with Gasteiger partial charge in [0.05, 0.1) is 10.9 Å². The fourth-order valence-electron chi connectivity index (χ4n) is 2.75. The topological polar surface area (TPSA) is 106 Å². The molecule has 0 spiro atoms. The lowest BCUT2D eigenvalue weighted by atomic mass is 10.1. The molecule has 0 aliphatic heterocycles. The van der Waals surface area contributed by atoms with Crippen molar-refractivity contribution in [3.63, 3.8) is 0 Å². The zero-order chi connectivity index (χ0) is 17.3. The van der Waals surface area contributed by atoms with Crippen LogP contribution in [0.5, 0.6) is 0 Å². The summed E-state index contributed by atoms with van der Waals surface area (Å²) in [4.78, 5) is 35.9. The smallest absolute Gasteiger partial charge is 0.256 e. The minimum Gasteiger partial charge on any atom is -0.398 e. The fraction of sp³-hybridized carbons (Fsp3) is 0.353. The third-order valence-electron chi connectivity index (χ3n) is 4.06. The van der Waals surface area contributed by atoms with Crippen molar-refractivity contribution >= 4 is 28.4 Å². The Kier molecular flexibility index (Phi) is 4.24. The highest BCUT2D eigenvalue weighted by molar-refractivity contribution is 6.00. The Hall–Kier alpha value is -2.83. The molecule has 1 aromatic carbocycles. The summed E-state index contributed by atoms with van der Waals surface area (Å²) in [6.07, 6.45) is 3.67. The van der Waals surface area contributed by atoms with Crippen molar-refractivity contribution < 1.29 is 9.59 Å². The Morgan fingerprint density at radius 1 is 1.25 bits per heavy atom. The van der Waals surface area contributed by atoms with E-state index in [2.05, 4.69) is 10.6 Å². The van der Waals surface area contributed by atoms with E-state index < -0.39 is 5.91 Å². The number of amides is 2. The number of hydrogen-bond acceptors (Lipinski definition) is 4. The number of nitrogens with two attached hydrogens (primary N) is 1. The average molecular weight is 328 g/mol. The number of aromatic nitrogens is 1. The first-order valence-electron chi connectivity index (χ1n) is 7.95. The third kappa shape index (κ3) is 3.10. The summed E-state index contributed by atoms with van der Waals surface area (Å²) in [5, 5.41) is 5.63. The number of anilines is 1. The number of nitrogen functional groups attached to an aromatic ring is 1. The summed E-state index contributed by atoms with van der Waals surface area (Å²) in [6, 6.07) is 5.63. The predicted molar refractivity (Wildman–Crippen MR) is 91.9 cm³/mol. The molecule has 1 aliphatic carbocycles. The van der Waals surface area contributed by atoms with E-state index in [4.69, 9.17) is 5.73 Å². The molecule has 2 aromatic rings. The van der Waals surface area contributed by atoms with E-state index in [9.17, 15) is 14.4 Å². The SMILES string of the molecule is CC(=O)NCCNC(=O)c1cn(C2CC2)c2cccc(N)c2c1=O. The van der Waals surface area contributed by atoms with Gasteiger partial charge in [0.15, 0.2) is 0 Å². The van der Waals surface area contributed by atoms with Crippen LogP contribution in [0.3, 0.4) is 0 Å². The van der Waals surface area contributed by atoms with Crippen molar-refractivity contribution in [3.05, 3.63) is 40.2 Å². The van der Waals surface area contributed by atoms with E-state index in [1.54, 1.807) is 12.3 Å². The predicted octanol–water partition coefficient (Wildman–Crippen LogP) is 0.784. The Morgan fingerprint density at radius 2 is 1.96 bits per heavy atom. The molecular weight excluding hydrogens is 308 g/mol. The summed E-state index contributed by atoms with van der Waals surface area (Å²) in [6.45, 7) is 1.97. The van der Waals surface area contributed by atoms with Crippen molar-refractivity contribution in [1.82, 2.24) is 15.2 Å². The van der Waals surface area contributed by atoms with Crippen LogP contribution in [0.15, 0.2) is 29.2 Å². The highest BCUT2D eigenvalue weighted by Gasteiger charge is 2.27. The zero-order valence-electron chi connectivity index (χ0n) is 13.5. The lowest BCUT2D eigenvalue weighted by Crippen LogP contribution is -2.36. The molecule has 1 saturated carbocycles. The maximum Gasteiger partial charge on any atom is 0.256 e. The summed E-state index contributed by atoms with van der Waals surface area (Å²) in [7, 11) is 0. The molecule has 1 aliphatic rings. The highest BCUT2D eigenvalue weighted by Crippen LogP contribution is 2.37. The lowest BCUT2D eigenvalue weighted by Gasteiger charge is -2.14. The van der Waals surface area contributed by atoms with Crippen LogP contribution in [0.4, 0.5) is 5.69 Å². The Balaban J connectivity index is 1.94. The molecule has 0 unspecified atom stereocenters. The Bertz CT molecular complexity index is 868. The molecule has 126 valence electrons. The van der Waals surface area contributed by atoms with Gasteiger partial charge in [0.25, 0.3) is 5.91 Å². The number of benzene rings is 1. The number of carbonyl (C=O) groups is 2. The van der Waals surface area contributed by atoms with Gasteiger partial charge in [0.2, 0.25) is 11.3 Å². The van der Waals surface area contributed by atoms with Crippen LogP contribution in [-0.2, 0) is 4.79 Å². The first-order chi connectivity index (χ1) is 11.5. The summed E-state index contributed by atoms with van der Waals surface area (Å²) >= 11 is 0. The van der Waals surface area contributed by atoms with Crippen LogP contribution in [0.25, 0.3) is 10.9 Å². The van der Waals surface area contributed by atoms with Crippen molar-refractivity contribution in [3.8, 4) is 0 Å². The molecule has 1 fully saturated rings. The van der Waals surface area contributed by atoms with Gasteiger partial charge < -0.3 is 20.9 Å². The molecule has 0 saturated heterocycles. The minimum absolute atomic E-state index is 0.0788. The van der Waals surface area contributed by atoms with E-state index in [1.165, 1.54) is 6.92 Å². The van der Waals surface area contributed by atoms with Gasteiger partial charge in [-0.15, -0.1) is 0 Å². The molecule has 1 aromatic heterocycles. The van der Waals surface area contributed by atoms with E-state index in [0.717, 1.165) is 18.4 Å². The Morgan fingerprint density at radius 3 is 2.62 bits per heavy atom. The summed E-state index contributed by atoms with van der Waals surface area (Å²) in [5.74, 6) is -0.622. The number of nitrogens with zero attached hydrogens (tertiary/aromatic N) is 1. The fourth-order valence-corrected chi connectivity index (χ4v) is 2.75. The van der Waals surface area contributed by atoms with Gasteiger partial charge >= 0.3 is 0 Å². The number of pyridine rings is 1. The van der Waals surface area contributed by atoms with Crippen LogP contribution in [0, 0.1) is 0 Å². The number of carbonyl (C=O) groups excluding carboxylic acids is 2. The molecule has 0 radical (unpaired) electrons. The highest BCUT2D eigenvalue weighted by atomic mass is 16.2. The molecule has 24 heavy (non-hydrogen) atoms. The van der Waals surface area contributed by atoms with Gasteiger partial charge in [-0.2, -0.15) is 0 Å². The van der Waals surface area contributed by atoms with Gasteiger partial charge in [0, 0.05) is 37.9 Å². The number of fused-ring (bicyclic) bond motifs is 1. The quantitative estimate of drug-likeness (QED) is 0.557. The first kappa shape index (κ1) is 16.0. The number of nitrogens with one attached hydrogen (secondary N) is 2. The van der Waals surface area contributed by atoms with E-state index >= 15 is 0 Å². The second-order valence-corrected chi connectivity index (χ2v) is 5.99. The minimum atomic E-state index is -0.454. The van der Waals surface area contributed by atoms with Gasteiger partial charge in [-0.1, -0.05) is 6.07 Å². The number of hydrogen-bond donors (Lipinski definition) is 3. The monoisotopic (exact) mass is 328 g/mol. The standard InChI is InChI=1S/C17H20N4O3/c1-10(22)19-7-8-20-17(24)12-9-21(11-5-6-11)14-4-2-3-13(18)15(14)16(12)23/h2-4,9,11H,5-8,18H2,1H3,(H,19,22)(H,20,24). The second kappa shape index (κ2) is 6.35. The average Bonchev–Trinajstić information content (AvgIpc) is 3.36. The van der Waals surface area contributed by atoms with Gasteiger partial charge in [-0.05, 0) is 25.0 Å². The Labute approximate surface area is 138 Å². The molecule has 7 nitrogen and oxygen atoms in total. The van der Waals surface area contributed by atoms with Crippen molar-refractivity contribution in [2.24, 2.45) is 0 Å². The van der Waals surface area contributed by atoms with Crippen LogP contribution in [0.2, 0.25) is 0 Å². The van der Waals surface area contributed by atoms with Crippen molar-refractivity contribution in [2.75, 3.05) is 18.8 Å². The lowest BCUT2D eigenvalue weighted by molar-refractivity contribution is -0.118. The van der Waals surface area contributed by atoms with Gasteiger partial charge in [0.1, 0.15) is 5.56 Å². The van der Waals surface area contributed by atoms with Crippen molar-refractivity contribution in [2.45, 2.75) is 25.8 Å². The van der Waals surface area contributed by atoms with E-state index in [1.807, 2.05) is 16.7 Å². The molecule has 2 amide bonds. The van der Waals surface area contributed by atoms with Gasteiger partial charge in [-0.25, -0.2) is 0 Å². The van der Waals surface area contributed by atoms with E-state index in [0.29, 0.717) is 23.7 Å². The zero-order valence-corrected chi connectivity index (χ0v) is 13.5. The normalized spacial score (nSPS) is 13.7. The molecule has 7 heteroatoms. The molecule has 0 bridgehead atoms. The molecule has 1 heterocycles. The van der Waals surface area contributed by atoms with Crippen LogP contribution in [0.1, 0.15) is 36.2 Å². The molecular formula is C17H20N4O3. The van der Waals surface area contributed by atoms with Crippen LogP contribution < -0.4 is 21.8 Å². The molecule has 0 atom stereocenters. The largest absolute Gasteiger partial charge is 0.398 e. The first-order valence-corrected chi connectivity index (χ1v) is 7.95. The van der Waals surface area contributed by atoms with Crippen LogP contribution >= 0.6 is 0 Å². The second-order valence-electron chi connectivity index (χ2n) is 5.99. The van der Waals surface area contributed by atoms with Crippen LogP contribution in [-0.4, -0.2) is 29.5 Å². The van der Waals surface area contributed by atoms with E-state index in [-0.39, 0.29) is 23.4 Å². The summed E-state index contributed by atoms with van der Waals surface area (Å²) in [5.41, 5.74) is 6.83. The molecule has 3 rings (SSSR count). The van der Waals surface area contributed by atoms with Crippen molar-refractivity contribution in [1.29, 1.82) is 0 Å².